The lowest BCUT2D eigenvalue weighted by Gasteiger charge is -2.15. The van der Waals surface area contributed by atoms with Crippen LogP contribution in [0, 0.1) is 0 Å². The summed E-state index contributed by atoms with van der Waals surface area (Å²) in [6, 6.07) is 2.96. The smallest absolute Gasteiger partial charge is 0.275 e. The van der Waals surface area contributed by atoms with Gasteiger partial charge in [0.2, 0.25) is 0 Å². The molecule has 0 unspecified atom stereocenters. The Morgan fingerprint density at radius 1 is 0.944 bits per heavy atom. The van der Waals surface area contributed by atoms with Crippen LogP contribution in [0.2, 0.25) is 0 Å². The molecule has 0 aromatic heterocycles. The van der Waals surface area contributed by atoms with E-state index in [9.17, 15) is 34.8 Å². The lowest BCUT2D eigenvalue weighted by atomic mass is 10.2. The van der Waals surface area contributed by atoms with Gasteiger partial charge >= 0.3 is 21.7 Å². The molecular formula is C8H5F6NO2S. The quantitative estimate of drug-likeness (QED) is 0.852. The molecule has 1 aromatic rings. The topological polar surface area (TPSA) is 46.2 Å². The van der Waals surface area contributed by atoms with Crippen molar-refractivity contribution in [3.8, 4) is 0 Å². The van der Waals surface area contributed by atoms with E-state index in [1.807, 2.05) is 0 Å². The molecular weight excluding hydrogens is 288 g/mol. The Kier molecular flexibility index (Phi) is 3.52. The van der Waals surface area contributed by atoms with E-state index in [2.05, 4.69) is 0 Å². The Bertz CT molecular complexity index is 533. The van der Waals surface area contributed by atoms with Crippen LogP contribution in [0.25, 0.3) is 0 Å². The summed E-state index contributed by atoms with van der Waals surface area (Å²) < 4.78 is 95.5. The summed E-state index contributed by atoms with van der Waals surface area (Å²) >= 11 is 0. The molecule has 0 spiro atoms. The predicted molar refractivity (Wildman–Crippen MR) is 50.0 cm³/mol. The van der Waals surface area contributed by atoms with E-state index < -0.39 is 33.0 Å². The highest BCUT2D eigenvalue weighted by Crippen LogP contribution is 2.36. The molecule has 0 bridgehead atoms. The van der Waals surface area contributed by atoms with Gasteiger partial charge < -0.3 is 0 Å². The van der Waals surface area contributed by atoms with Crippen LogP contribution in [-0.4, -0.2) is 13.9 Å². The Balaban J connectivity index is 3.22. The maximum absolute atomic E-state index is 12.4. The zero-order chi connectivity index (χ0) is 14.2. The lowest BCUT2D eigenvalue weighted by molar-refractivity contribution is -0.136. The minimum absolute atomic E-state index is 0.466. The molecule has 3 nitrogen and oxygen atoms in total. The summed E-state index contributed by atoms with van der Waals surface area (Å²) in [5, 5.41) is 0. The van der Waals surface area contributed by atoms with Gasteiger partial charge in [0.1, 0.15) is 0 Å². The van der Waals surface area contributed by atoms with Gasteiger partial charge in [-0.15, -0.1) is 0 Å². The number of nitrogens with one attached hydrogen (secondary N) is 1. The number of benzene rings is 1. The van der Waals surface area contributed by atoms with Crippen molar-refractivity contribution < 1.29 is 34.8 Å². The van der Waals surface area contributed by atoms with Gasteiger partial charge in [0.25, 0.3) is 0 Å². The summed E-state index contributed by atoms with van der Waals surface area (Å²) in [6.07, 6.45) is -4.97. The number of anilines is 1. The van der Waals surface area contributed by atoms with E-state index in [0.717, 1.165) is 16.9 Å². The van der Waals surface area contributed by atoms with Gasteiger partial charge in [-0.05, 0) is 12.1 Å². The number of halogens is 6. The molecule has 0 amide bonds. The zero-order valence-electron chi connectivity index (χ0n) is 8.30. The second-order valence-corrected chi connectivity index (χ2v) is 4.77. The van der Waals surface area contributed by atoms with Crippen molar-refractivity contribution in [2.45, 2.75) is 11.7 Å². The fourth-order valence-corrected chi connectivity index (χ4v) is 1.61. The molecule has 0 saturated heterocycles. The first-order chi connectivity index (χ1) is 7.95. The van der Waals surface area contributed by atoms with Gasteiger partial charge in [0, 0.05) is 0 Å². The van der Waals surface area contributed by atoms with Crippen molar-refractivity contribution in [1.82, 2.24) is 0 Å². The molecule has 0 aliphatic carbocycles. The van der Waals surface area contributed by atoms with Crippen LogP contribution in [0.15, 0.2) is 24.3 Å². The first-order valence-corrected chi connectivity index (χ1v) is 5.69. The fourth-order valence-electron chi connectivity index (χ4n) is 1.02. The number of hydrogen-bond donors (Lipinski definition) is 1. The molecule has 102 valence electrons. The molecule has 0 atom stereocenters. The SMILES string of the molecule is O=S(=O)(Nc1ccccc1C(F)(F)F)C(F)(F)F. The van der Waals surface area contributed by atoms with E-state index in [-0.39, 0.29) is 0 Å². The van der Waals surface area contributed by atoms with Crippen LogP contribution in [0.3, 0.4) is 0 Å². The maximum atomic E-state index is 12.4. The highest BCUT2D eigenvalue weighted by atomic mass is 32.2. The molecule has 0 saturated carbocycles. The van der Waals surface area contributed by atoms with E-state index >= 15 is 0 Å². The Morgan fingerprint density at radius 3 is 1.89 bits per heavy atom. The molecule has 1 N–H and O–H groups in total. The molecule has 0 heterocycles. The first kappa shape index (κ1) is 14.6. The molecule has 0 aliphatic rings. The van der Waals surface area contributed by atoms with Gasteiger partial charge in [-0.2, -0.15) is 34.8 Å². The van der Waals surface area contributed by atoms with Crippen molar-refractivity contribution in [3.05, 3.63) is 29.8 Å². The molecule has 0 fully saturated rings. The summed E-state index contributed by atoms with van der Waals surface area (Å²) in [6.45, 7) is 0. The minimum Gasteiger partial charge on any atom is -0.275 e. The van der Waals surface area contributed by atoms with Gasteiger partial charge in [-0.25, -0.2) is 0 Å². The highest BCUT2D eigenvalue weighted by molar-refractivity contribution is 7.93. The number of para-hydroxylation sites is 1. The summed E-state index contributed by atoms with van der Waals surface area (Å²) in [7, 11) is -5.88. The van der Waals surface area contributed by atoms with Gasteiger partial charge in [-0.3, -0.25) is 4.72 Å². The Labute approximate surface area is 97.5 Å². The second kappa shape index (κ2) is 4.34. The third-order valence-electron chi connectivity index (χ3n) is 1.78. The molecule has 1 rings (SSSR count). The lowest BCUT2D eigenvalue weighted by Crippen LogP contribution is -2.30. The van der Waals surface area contributed by atoms with Crippen LogP contribution in [0.5, 0.6) is 0 Å². The van der Waals surface area contributed by atoms with Crippen LogP contribution in [0.1, 0.15) is 5.56 Å². The fraction of sp³-hybridized carbons (Fsp3) is 0.250. The average Bonchev–Trinajstić information content (AvgIpc) is 2.14. The molecule has 18 heavy (non-hydrogen) atoms. The molecule has 1 aromatic carbocycles. The van der Waals surface area contributed by atoms with Crippen molar-refractivity contribution in [2.75, 3.05) is 4.72 Å². The number of alkyl halides is 6. The number of hydrogen-bond acceptors (Lipinski definition) is 2. The van der Waals surface area contributed by atoms with Gasteiger partial charge in [0.15, 0.2) is 0 Å². The van der Waals surface area contributed by atoms with Gasteiger partial charge in [0.05, 0.1) is 11.3 Å². The summed E-state index contributed by atoms with van der Waals surface area (Å²) in [4.78, 5) is 0. The van der Waals surface area contributed by atoms with Crippen LogP contribution in [-0.2, 0) is 16.2 Å². The number of sulfonamides is 1. The Hall–Kier alpha value is -1.45. The predicted octanol–water partition coefficient (Wildman–Crippen LogP) is 2.97. The zero-order valence-corrected chi connectivity index (χ0v) is 9.12. The molecule has 10 heteroatoms. The van der Waals surface area contributed by atoms with Crippen LogP contribution >= 0.6 is 0 Å². The van der Waals surface area contributed by atoms with E-state index in [1.54, 1.807) is 0 Å². The van der Waals surface area contributed by atoms with Crippen molar-refractivity contribution in [2.24, 2.45) is 0 Å². The molecule has 0 radical (unpaired) electrons. The average molecular weight is 293 g/mol. The van der Waals surface area contributed by atoms with E-state index in [4.69, 9.17) is 0 Å². The number of rotatable bonds is 2. The standard InChI is InChI=1S/C8H5F6NO2S/c9-7(10,11)5-3-1-2-4-6(5)15-18(16,17)8(12,13)14/h1-4,15H. The third kappa shape index (κ3) is 3.06. The Morgan fingerprint density at radius 2 is 1.44 bits per heavy atom. The third-order valence-corrected chi connectivity index (χ3v) is 2.88. The summed E-state index contributed by atoms with van der Waals surface area (Å²) in [5.74, 6) is 0. The van der Waals surface area contributed by atoms with Crippen LogP contribution in [0.4, 0.5) is 32.0 Å². The second-order valence-electron chi connectivity index (χ2n) is 3.09. The van der Waals surface area contributed by atoms with Crippen molar-refractivity contribution in [3.63, 3.8) is 0 Å². The van der Waals surface area contributed by atoms with Crippen molar-refractivity contribution in [1.29, 1.82) is 0 Å². The normalized spacial score (nSPS) is 13.4. The van der Waals surface area contributed by atoms with Crippen LogP contribution < -0.4 is 4.72 Å². The monoisotopic (exact) mass is 293 g/mol. The molecule has 0 aliphatic heterocycles. The van der Waals surface area contributed by atoms with Gasteiger partial charge in [-0.1, -0.05) is 12.1 Å². The summed E-state index contributed by atoms with van der Waals surface area (Å²) in [5.41, 5.74) is -8.37. The minimum atomic E-state index is -5.88. The van der Waals surface area contributed by atoms with E-state index in [0.29, 0.717) is 12.1 Å². The maximum Gasteiger partial charge on any atom is 0.516 e. The van der Waals surface area contributed by atoms with Crippen molar-refractivity contribution >= 4 is 15.7 Å². The largest absolute Gasteiger partial charge is 0.516 e. The first-order valence-electron chi connectivity index (χ1n) is 4.20. The highest BCUT2D eigenvalue weighted by Gasteiger charge is 2.47. The van der Waals surface area contributed by atoms with E-state index in [1.165, 1.54) is 0 Å².